The van der Waals surface area contributed by atoms with E-state index in [1.807, 2.05) is 18.3 Å². The average molecular weight is 627 g/mol. The van der Waals surface area contributed by atoms with Gasteiger partial charge >= 0.3 is 0 Å². The summed E-state index contributed by atoms with van der Waals surface area (Å²) >= 11 is 0. The molecule has 0 aliphatic heterocycles. The Bertz CT molecular complexity index is 2730. The number of fused-ring (bicyclic) bond motifs is 3. The summed E-state index contributed by atoms with van der Waals surface area (Å²) < 4.78 is 0. The summed E-state index contributed by atoms with van der Waals surface area (Å²) in [6.45, 7) is 4.61. The van der Waals surface area contributed by atoms with Crippen LogP contribution in [-0.2, 0) is 5.41 Å². The summed E-state index contributed by atoms with van der Waals surface area (Å²) in [6, 6.07) is 47.5. The van der Waals surface area contributed by atoms with Gasteiger partial charge in [-0.15, -0.1) is 0 Å². The number of aromatic nitrogens is 4. The van der Waals surface area contributed by atoms with Gasteiger partial charge in [-0.25, -0.2) is 15.0 Å². The van der Waals surface area contributed by atoms with E-state index in [1.54, 1.807) is 6.20 Å². The highest BCUT2D eigenvalue weighted by Crippen LogP contribution is 2.49. The zero-order chi connectivity index (χ0) is 32.7. The Kier molecular flexibility index (Phi) is 5.89. The fourth-order valence-electron chi connectivity index (χ4n) is 7.97. The Morgan fingerprint density at radius 1 is 0.429 bits per heavy atom. The lowest BCUT2D eigenvalue weighted by Gasteiger charge is -2.22. The number of hydrogen-bond donors (Lipinski definition) is 0. The van der Waals surface area contributed by atoms with Crippen LogP contribution in [0.3, 0.4) is 0 Å². The van der Waals surface area contributed by atoms with Gasteiger partial charge in [0.05, 0.1) is 0 Å². The lowest BCUT2D eigenvalue weighted by atomic mass is 9.82. The van der Waals surface area contributed by atoms with Gasteiger partial charge in [0.25, 0.3) is 0 Å². The number of nitrogens with zero attached hydrogens (tertiary/aromatic N) is 4. The number of hydrogen-bond acceptors (Lipinski definition) is 4. The number of benzene rings is 7. The van der Waals surface area contributed by atoms with Crippen molar-refractivity contribution in [2.75, 3.05) is 0 Å². The zero-order valence-corrected chi connectivity index (χ0v) is 27.1. The van der Waals surface area contributed by atoms with Crippen molar-refractivity contribution in [1.29, 1.82) is 0 Å². The van der Waals surface area contributed by atoms with Crippen molar-refractivity contribution in [3.8, 4) is 56.4 Å². The van der Waals surface area contributed by atoms with Crippen molar-refractivity contribution in [2.45, 2.75) is 19.3 Å². The van der Waals surface area contributed by atoms with Gasteiger partial charge in [0, 0.05) is 40.1 Å². The summed E-state index contributed by atoms with van der Waals surface area (Å²) in [7, 11) is 0. The van der Waals surface area contributed by atoms with E-state index in [0.29, 0.717) is 17.5 Å². The molecule has 2 aromatic heterocycles. The van der Waals surface area contributed by atoms with Crippen LogP contribution in [0.5, 0.6) is 0 Å². The molecule has 230 valence electrons. The Hall–Kier alpha value is -6.26. The maximum atomic E-state index is 5.27. The Balaban J connectivity index is 1.24. The molecule has 0 atom stereocenters. The Labute approximate surface area is 284 Å². The molecular formula is C45H30N4. The van der Waals surface area contributed by atoms with E-state index < -0.39 is 0 Å². The van der Waals surface area contributed by atoms with Crippen molar-refractivity contribution in [3.05, 3.63) is 157 Å². The maximum absolute atomic E-state index is 5.27. The normalized spacial score (nSPS) is 13.3. The smallest absolute Gasteiger partial charge is 0.164 e. The second kappa shape index (κ2) is 10.4. The first-order chi connectivity index (χ1) is 24.0. The van der Waals surface area contributed by atoms with Gasteiger partial charge in [-0.3, -0.25) is 4.98 Å². The second-order valence-corrected chi connectivity index (χ2v) is 13.5. The first-order valence-corrected chi connectivity index (χ1v) is 16.7. The molecule has 0 bridgehead atoms. The Morgan fingerprint density at radius 3 is 1.86 bits per heavy atom. The van der Waals surface area contributed by atoms with Crippen LogP contribution in [0.4, 0.5) is 0 Å². The molecule has 9 aromatic rings. The van der Waals surface area contributed by atoms with Crippen molar-refractivity contribution >= 4 is 32.3 Å². The largest absolute Gasteiger partial charge is 0.264 e. The first-order valence-electron chi connectivity index (χ1n) is 16.7. The lowest BCUT2D eigenvalue weighted by Crippen LogP contribution is -2.15. The van der Waals surface area contributed by atoms with Crippen LogP contribution in [0.25, 0.3) is 88.7 Å². The average Bonchev–Trinajstić information content (AvgIpc) is 3.39. The lowest BCUT2D eigenvalue weighted by molar-refractivity contribution is 0.660. The molecule has 0 fully saturated rings. The number of rotatable bonds is 4. The van der Waals surface area contributed by atoms with E-state index in [2.05, 4.69) is 140 Å². The van der Waals surface area contributed by atoms with Crippen LogP contribution in [0.1, 0.15) is 25.0 Å². The molecule has 7 aromatic carbocycles. The highest BCUT2D eigenvalue weighted by molar-refractivity contribution is 6.25. The molecule has 0 radical (unpaired) electrons. The van der Waals surface area contributed by atoms with Gasteiger partial charge in [-0.05, 0) is 78.3 Å². The Morgan fingerprint density at radius 2 is 1.06 bits per heavy atom. The van der Waals surface area contributed by atoms with Crippen molar-refractivity contribution in [2.24, 2.45) is 0 Å². The van der Waals surface area contributed by atoms with Crippen LogP contribution in [0, 0.1) is 0 Å². The van der Waals surface area contributed by atoms with Gasteiger partial charge < -0.3 is 0 Å². The van der Waals surface area contributed by atoms with E-state index in [1.165, 1.54) is 49.2 Å². The molecule has 49 heavy (non-hydrogen) atoms. The van der Waals surface area contributed by atoms with Crippen LogP contribution in [-0.4, -0.2) is 19.9 Å². The molecule has 4 heteroatoms. The molecule has 0 unspecified atom stereocenters. The van der Waals surface area contributed by atoms with Gasteiger partial charge in [0.2, 0.25) is 0 Å². The predicted octanol–water partition coefficient (Wildman–Crippen LogP) is 11.1. The molecule has 10 rings (SSSR count). The van der Waals surface area contributed by atoms with E-state index >= 15 is 0 Å². The SMILES string of the molecule is CC1(C)c2ccccc2-c2ccc(-c3nc(-c4ccccc4-c4cccnc4)nc(-c4ccc5ccc6cccc7ccc4c5c67)n3)cc21. The van der Waals surface area contributed by atoms with E-state index in [0.717, 1.165) is 33.2 Å². The fraction of sp³-hybridized carbons (Fsp3) is 0.0667. The molecule has 1 aliphatic rings. The first kappa shape index (κ1) is 27.8. The standard InChI is InChI=1S/C45H30N4/c1-45(2)38-15-6-5-13-33(38)34-21-20-30(25-39(34)45)42-47-43(36-14-4-3-12-32(36)31-11-8-24-46-26-31)49-44(48-42)37-23-19-29-17-16-27-9-7-10-28-18-22-35(37)41(29)40(27)28/h3-26H,1-2H3. The fourth-order valence-corrected chi connectivity index (χ4v) is 7.97. The van der Waals surface area contributed by atoms with Crippen molar-refractivity contribution < 1.29 is 0 Å². The third-order valence-electron chi connectivity index (χ3n) is 10.4. The third kappa shape index (κ3) is 4.17. The van der Waals surface area contributed by atoms with E-state index in [9.17, 15) is 0 Å². The van der Waals surface area contributed by atoms with Gasteiger partial charge in [0.1, 0.15) is 0 Å². The monoisotopic (exact) mass is 626 g/mol. The third-order valence-corrected chi connectivity index (χ3v) is 10.4. The highest BCUT2D eigenvalue weighted by atomic mass is 15.0. The molecule has 0 saturated carbocycles. The van der Waals surface area contributed by atoms with Crippen LogP contribution in [0.15, 0.2) is 146 Å². The minimum absolute atomic E-state index is 0.139. The summed E-state index contributed by atoms with van der Waals surface area (Å²) in [5.41, 5.74) is 10.0. The van der Waals surface area contributed by atoms with Crippen LogP contribution >= 0.6 is 0 Å². The van der Waals surface area contributed by atoms with Crippen LogP contribution in [0.2, 0.25) is 0 Å². The molecule has 2 heterocycles. The molecule has 0 saturated heterocycles. The predicted molar refractivity (Wildman–Crippen MR) is 201 cm³/mol. The molecule has 1 aliphatic carbocycles. The second-order valence-electron chi connectivity index (χ2n) is 13.5. The summed E-state index contributed by atoms with van der Waals surface area (Å²) in [5.74, 6) is 1.94. The van der Waals surface area contributed by atoms with Crippen molar-refractivity contribution in [3.63, 3.8) is 0 Å². The van der Waals surface area contributed by atoms with Crippen LogP contribution < -0.4 is 0 Å². The van der Waals surface area contributed by atoms with Crippen molar-refractivity contribution in [1.82, 2.24) is 19.9 Å². The minimum atomic E-state index is -0.139. The quantitative estimate of drug-likeness (QED) is 0.182. The summed E-state index contributed by atoms with van der Waals surface area (Å²) in [6.07, 6.45) is 3.69. The molecular weight excluding hydrogens is 597 g/mol. The maximum Gasteiger partial charge on any atom is 0.164 e. The molecule has 0 N–H and O–H groups in total. The molecule has 4 nitrogen and oxygen atoms in total. The van der Waals surface area contributed by atoms with E-state index in [4.69, 9.17) is 15.0 Å². The summed E-state index contributed by atoms with van der Waals surface area (Å²) in [4.78, 5) is 20.2. The van der Waals surface area contributed by atoms with Gasteiger partial charge in [0.15, 0.2) is 17.5 Å². The molecule has 0 spiro atoms. The number of pyridine rings is 1. The highest BCUT2D eigenvalue weighted by Gasteiger charge is 2.35. The molecule has 0 amide bonds. The summed E-state index contributed by atoms with van der Waals surface area (Å²) in [5, 5.41) is 7.32. The zero-order valence-electron chi connectivity index (χ0n) is 27.1. The van der Waals surface area contributed by atoms with E-state index in [-0.39, 0.29) is 5.41 Å². The topological polar surface area (TPSA) is 51.6 Å². The van der Waals surface area contributed by atoms with Gasteiger partial charge in [-0.1, -0.05) is 129 Å². The minimum Gasteiger partial charge on any atom is -0.264 e. The van der Waals surface area contributed by atoms with Gasteiger partial charge in [-0.2, -0.15) is 0 Å².